The van der Waals surface area contributed by atoms with E-state index in [9.17, 15) is 19.8 Å². The zero-order chi connectivity index (χ0) is 41.6. The Morgan fingerprint density at radius 1 is 0.638 bits per heavy atom. The summed E-state index contributed by atoms with van der Waals surface area (Å²) in [6, 6.07) is 14.4. The highest BCUT2D eigenvalue weighted by atomic mass is 16.8. The Morgan fingerprint density at radius 2 is 1.14 bits per heavy atom. The van der Waals surface area contributed by atoms with Crippen LogP contribution in [0.15, 0.2) is 48.5 Å². The van der Waals surface area contributed by atoms with Crippen molar-refractivity contribution >= 4 is 23.3 Å². The zero-order valence-corrected chi connectivity index (χ0v) is 35.2. The standard InChI is InChI=1S/C44H70N2O12/c1-4-6-8-10-12-18-24-52-26-28-56-43(51-3)35-46(34-42(49)50)37-21-15-17-23-39(37)55-31-30-54-38-22-16-14-20-36(38)45(33-41(47)48)32-40-44(58-40)57-29-27-53-25-19-13-11-9-7-5-2/h14-17,20-23,40,43-44H,4-13,18-19,24-35H2,1-3H3,(H,47,48)(H,49,50). The van der Waals surface area contributed by atoms with Gasteiger partial charge in [0.15, 0.2) is 12.6 Å². The van der Waals surface area contributed by atoms with Crippen molar-refractivity contribution in [2.45, 2.75) is 110 Å². The molecule has 14 heteroatoms. The first-order valence-electron chi connectivity index (χ1n) is 21.3. The molecule has 3 unspecified atom stereocenters. The molecule has 0 aliphatic carbocycles. The largest absolute Gasteiger partial charge is 0.488 e. The van der Waals surface area contributed by atoms with Gasteiger partial charge in [-0.1, -0.05) is 102 Å². The Bertz CT molecular complexity index is 1380. The summed E-state index contributed by atoms with van der Waals surface area (Å²) >= 11 is 0. The number of nitrogens with zero attached hydrogens (tertiary/aromatic N) is 2. The second-order valence-corrected chi connectivity index (χ2v) is 14.4. The number of methoxy groups -OCH3 is 1. The van der Waals surface area contributed by atoms with Crippen LogP contribution in [0.25, 0.3) is 0 Å². The molecule has 58 heavy (non-hydrogen) atoms. The highest BCUT2D eigenvalue weighted by molar-refractivity contribution is 5.76. The van der Waals surface area contributed by atoms with Crippen molar-refractivity contribution in [3.63, 3.8) is 0 Å². The van der Waals surface area contributed by atoms with Crippen LogP contribution in [0.1, 0.15) is 90.9 Å². The third-order valence-electron chi connectivity index (χ3n) is 9.56. The first kappa shape index (κ1) is 48.7. The number of carbonyl (C=O) groups is 2. The number of para-hydroxylation sites is 4. The van der Waals surface area contributed by atoms with Gasteiger partial charge in [0.05, 0.1) is 50.9 Å². The lowest BCUT2D eigenvalue weighted by Crippen LogP contribution is -2.39. The lowest BCUT2D eigenvalue weighted by atomic mass is 10.1. The quantitative estimate of drug-likeness (QED) is 0.0392. The fraction of sp³-hybridized carbons (Fsp3) is 0.682. The first-order chi connectivity index (χ1) is 28.4. The second-order valence-electron chi connectivity index (χ2n) is 14.4. The van der Waals surface area contributed by atoms with Gasteiger partial charge in [0, 0.05) is 20.3 Å². The average Bonchev–Trinajstić information content (AvgIpc) is 3.96. The maximum atomic E-state index is 11.9. The van der Waals surface area contributed by atoms with E-state index in [4.69, 9.17) is 37.9 Å². The molecule has 2 aromatic carbocycles. The van der Waals surface area contributed by atoms with E-state index in [0.29, 0.717) is 69.1 Å². The van der Waals surface area contributed by atoms with Crippen LogP contribution in [0.3, 0.4) is 0 Å². The molecule has 14 nitrogen and oxygen atoms in total. The molecule has 0 bridgehead atoms. The van der Waals surface area contributed by atoms with Gasteiger partial charge >= 0.3 is 11.9 Å². The Morgan fingerprint density at radius 3 is 1.69 bits per heavy atom. The fourth-order valence-corrected chi connectivity index (χ4v) is 6.44. The van der Waals surface area contributed by atoms with Crippen molar-refractivity contribution in [1.29, 1.82) is 0 Å². The predicted octanol–water partition coefficient (Wildman–Crippen LogP) is 7.41. The van der Waals surface area contributed by atoms with E-state index in [1.165, 1.54) is 64.9 Å². The molecule has 1 fully saturated rings. The molecular weight excluding hydrogens is 748 g/mol. The number of aliphatic carboxylic acids is 2. The van der Waals surface area contributed by atoms with Crippen molar-refractivity contribution in [3.05, 3.63) is 48.5 Å². The van der Waals surface area contributed by atoms with E-state index in [-0.39, 0.29) is 39.0 Å². The van der Waals surface area contributed by atoms with Crippen LogP contribution in [0.5, 0.6) is 11.5 Å². The molecular formula is C44H70N2O12. The maximum Gasteiger partial charge on any atom is 0.323 e. The molecule has 328 valence electrons. The van der Waals surface area contributed by atoms with E-state index in [1.807, 2.05) is 30.3 Å². The molecule has 1 heterocycles. The van der Waals surface area contributed by atoms with E-state index in [2.05, 4.69) is 13.8 Å². The number of carboxylic acids is 2. The first-order valence-corrected chi connectivity index (χ1v) is 21.3. The summed E-state index contributed by atoms with van der Waals surface area (Å²) < 4.78 is 46.7. The number of anilines is 2. The number of unbranched alkanes of at least 4 members (excludes halogenated alkanes) is 10. The smallest absolute Gasteiger partial charge is 0.323 e. The number of ether oxygens (including phenoxy) is 8. The number of hydrogen-bond donors (Lipinski definition) is 2. The Hall–Kier alpha value is -3.66. The molecule has 1 saturated heterocycles. The van der Waals surface area contributed by atoms with E-state index >= 15 is 0 Å². The fourth-order valence-electron chi connectivity index (χ4n) is 6.44. The SMILES string of the molecule is CCCCCCCCOCCOC(CN(CC(=O)O)c1ccccc1OCCOc1ccccc1N(CC(=O)O)CC1OC1OCCOCCCCCCCC)OC. The molecule has 1 aliphatic rings. The summed E-state index contributed by atoms with van der Waals surface area (Å²) in [5, 5.41) is 19.5. The van der Waals surface area contributed by atoms with Gasteiger partial charge in [-0.15, -0.1) is 0 Å². The highest BCUT2D eigenvalue weighted by Crippen LogP contribution is 2.33. The van der Waals surface area contributed by atoms with Crippen molar-refractivity contribution < 1.29 is 57.7 Å². The van der Waals surface area contributed by atoms with Crippen LogP contribution in [-0.2, 0) is 38.0 Å². The normalized spacial score (nSPS) is 15.2. The van der Waals surface area contributed by atoms with E-state index in [0.717, 1.165) is 19.3 Å². The van der Waals surface area contributed by atoms with Crippen LogP contribution in [0, 0.1) is 0 Å². The van der Waals surface area contributed by atoms with Crippen molar-refractivity contribution in [3.8, 4) is 11.5 Å². The summed E-state index contributed by atoms with van der Waals surface area (Å²) in [6.07, 6.45) is 13.0. The molecule has 0 saturated carbocycles. The maximum absolute atomic E-state index is 11.9. The molecule has 3 rings (SSSR count). The molecule has 0 aromatic heterocycles. The van der Waals surface area contributed by atoms with E-state index in [1.54, 1.807) is 28.0 Å². The minimum Gasteiger partial charge on any atom is -0.488 e. The minimum atomic E-state index is -1.01. The lowest BCUT2D eigenvalue weighted by molar-refractivity contribution is -0.137. The number of epoxide rings is 1. The summed E-state index contributed by atoms with van der Waals surface area (Å²) in [7, 11) is 1.52. The van der Waals surface area contributed by atoms with Crippen molar-refractivity contribution in [1.82, 2.24) is 0 Å². The van der Waals surface area contributed by atoms with Crippen LogP contribution >= 0.6 is 0 Å². The third kappa shape index (κ3) is 20.9. The Labute approximate surface area is 346 Å². The third-order valence-corrected chi connectivity index (χ3v) is 9.56. The molecule has 0 amide bonds. The summed E-state index contributed by atoms with van der Waals surface area (Å²) in [4.78, 5) is 27.2. The monoisotopic (exact) mass is 818 g/mol. The average molecular weight is 819 g/mol. The van der Waals surface area contributed by atoms with Gasteiger partial charge in [0.2, 0.25) is 0 Å². The summed E-state index contributed by atoms with van der Waals surface area (Å²) in [6.45, 7) is 7.60. The zero-order valence-electron chi connectivity index (χ0n) is 35.2. The van der Waals surface area contributed by atoms with Gasteiger partial charge in [0.25, 0.3) is 0 Å². The second kappa shape index (κ2) is 30.4. The van der Waals surface area contributed by atoms with Crippen molar-refractivity contribution in [2.24, 2.45) is 0 Å². The Balaban J connectivity index is 1.47. The highest BCUT2D eigenvalue weighted by Gasteiger charge is 2.42. The van der Waals surface area contributed by atoms with Gasteiger partial charge < -0.3 is 57.9 Å². The molecule has 3 atom stereocenters. The van der Waals surface area contributed by atoms with Gasteiger partial charge in [-0.2, -0.15) is 0 Å². The molecule has 0 spiro atoms. The van der Waals surface area contributed by atoms with Gasteiger partial charge in [0.1, 0.15) is 43.9 Å². The number of carboxylic acid groups (broad SMARTS) is 2. The molecule has 1 aliphatic heterocycles. The number of hydrogen-bond acceptors (Lipinski definition) is 12. The van der Waals surface area contributed by atoms with Gasteiger partial charge in [-0.3, -0.25) is 9.59 Å². The van der Waals surface area contributed by atoms with Crippen molar-refractivity contribution in [2.75, 3.05) is 95.9 Å². The number of rotatable bonds is 38. The summed E-state index contributed by atoms with van der Waals surface area (Å²) in [5.41, 5.74) is 1.17. The van der Waals surface area contributed by atoms with Crippen LogP contribution in [-0.4, -0.2) is 127 Å². The predicted molar refractivity (Wildman–Crippen MR) is 223 cm³/mol. The van der Waals surface area contributed by atoms with Gasteiger partial charge in [-0.05, 0) is 37.1 Å². The van der Waals surface area contributed by atoms with Gasteiger partial charge in [-0.25, -0.2) is 0 Å². The lowest BCUT2D eigenvalue weighted by Gasteiger charge is -2.29. The van der Waals surface area contributed by atoms with E-state index < -0.39 is 24.5 Å². The van der Waals surface area contributed by atoms with Crippen LogP contribution < -0.4 is 19.3 Å². The number of benzene rings is 2. The topological polar surface area (TPSA) is 158 Å². The summed E-state index contributed by atoms with van der Waals surface area (Å²) in [5.74, 6) is -1.04. The Kier molecular flexibility index (Phi) is 25.5. The molecule has 2 N–H and O–H groups in total. The minimum absolute atomic E-state index is 0.133. The van der Waals surface area contributed by atoms with Crippen LogP contribution in [0.2, 0.25) is 0 Å². The van der Waals surface area contributed by atoms with Crippen LogP contribution in [0.4, 0.5) is 11.4 Å². The molecule has 2 aromatic rings. The molecule has 0 radical (unpaired) electrons.